The molecule has 1 aromatic heterocycles. The van der Waals surface area contributed by atoms with Gasteiger partial charge in [0.2, 0.25) is 11.6 Å². The first kappa shape index (κ1) is 8.49. The van der Waals surface area contributed by atoms with Crippen LogP contribution in [0, 0.1) is 6.57 Å². The van der Waals surface area contributed by atoms with Gasteiger partial charge in [-0.1, -0.05) is 6.08 Å². The molecule has 0 unspecified atom stereocenters. The molecule has 1 aliphatic heterocycles. The summed E-state index contributed by atoms with van der Waals surface area (Å²) in [5.74, 6) is 0.671. The first-order chi connectivity index (χ1) is 7.31. The maximum Gasteiger partial charge on any atom is 0.219 e. The van der Waals surface area contributed by atoms with E-state index in [4.69, 9.17) is 11.3 Å². The summed E-state index contributed by atoms with van der Waals surface area (Å²) in [6.07, 6.45) is 9.08. The van der Waals surface area contributed by atoms with Crippen LogP contribution in [-0.4, -0.2) is 10.6 Å². The molecule has 1 aromatic rings. The van der Waals surface area contributed by atoms with Crippen LogP contribution in [0.2, 0.25) is 0 Å². The fraction of sp³-hybridized carbons (Fsp3) is 0.333. The number of hydrogen-bond acceptors (Lipinski definition) is 2. The van der Waals surface area contributed by atoms with Crippen LogP contribution in [0.3, 0.4) is 0 Å². The molecular weight excluding hydrogens is 188 g/mol. The molecule has 0 N–H and O–H groups in total. The SMILES string of the molecule is [C-]#[N+]c1cnc2c(c1)C=CC1(CCC1)O2. The number of fused-ring (bicyclic) bond motifs is 1. The van der Waals surface area contributed by atoms with Crippen molar-refractivity contribution in [3.8, 4) is 5.88 Å². The molecule has 74 valence electrons. The molecule has 3 heteroatoms. The molecule has 3 nitrogen and oxygen atoms in total. The second kappa shape index (κ2) is 2.83. The summed E-state index contributed by atoms with van der Waals surface area (Å²) in [6.45, 7) is 6.91. The Morgan fingerprint density at radius 3 is 3.00 bits per heavy atom. The van der Waals surface area contributed by atoms with Crippen LogP contribution in [-0.2, 0) is 0 Å². The molecule has 1 saturated carbocycles. The number of nitrogens with zero attached hydrogens (tertiary/aromatic N) is 2. The molecular formula is C12H10N2O. The van der Waals surface area contributed by atoms with Crippen LogP contribution in [0.5, 0.6) is 5.88 Å². The molecule has 1 spiro atoms. The van der Waals surface area contributed by atoms with Gasteiger partial charge in [-0.2, -0.15) is 0 Å². The van der Waals surface area contributed by atoms with Gasteiger partial charge < -0.3 is 4.74 Å². The van der Waals surface area contributed by atoms with Crippen molar-refractivity contribution in [1.82, 2.24) is 4.98 Å². The molecule has 0 saturated heterocycles. The Hall–Kier alpha value is -1.82. The minimum atomic E-state index is -0.0837. The van der Waals surface area contributed by atoms with Crippen LogP contribution in [0.15, 0.2) is 18.3 Å². The lowest BCUT2D eigenvalue weighted by atomic mass is 9.78. The van der Waals surface area contributed by atoms with Crippen molar-refractivity contribution in [1.29, 1.82) is 0 Å². The lowest BCUT2D eigenvalue weighted by molar-refractivity contribution is 0.0337. The van der Waals surface area contributed by atoms with Crippen molar-refractivity contribution in [2.24, 2.45) is 0 Å². The molecule has 2 aliphatic rings. The van der Waals surface area contributed by atoms with Crippen molar-refractivity contribution >= 4 is 11.8 Å². The predicted octanol–water partition coefficient (Wildman–Crippen LogP) is 2.96. The van der Waals surface area contributed by atoms with Crippen molar-refractivity contribution in [3.05, 3.63) is 35.3 Å². The van der Waals surface area contributed by atoms with Gasteiger partial charge in [0.05, 0.1) is 6.57 Å². The highest BCUT2D eigenvalue weighted by molar-refractivity contribution is 5.63. The van der Waals surface area contributed by atoms with E-state index < -0.39 is 0 Å². The fourth-order valence-electron chi connectivity index (χ4n) is 1.99. The normalized spacial score (nSPS) is 19.9. The molecule has 0 radical (unpaired) electrons. The summed E-state index contributed by atoms with van der Waals surface area (Å²) >= 11 is 0. The van der Waals surface area contributed by atoms with Gasteiger partial charge in [0, 0.05) is 11.8 Å². The Morgan fingerprint density at radius 2 is 2.33 bits per heavy atom. The average molecular weight is 198 g/mol. The quantitative estimate of drug-likeness (QED) is 0.599. The van der Waals surface area contributed by atoms with E-state index >= 15 is 0 Å². The van der Waals surface area contributed by atoms with Crippen molar-refractivity contribution in [3.63, 3.8) is 0 Å². The number of rotatable bonds is 0. The predicted molar refractivity (Wildman–Crippen MR) is 56.7 cm³/mol. The average Bonchev–Trinajstić information content (AvgIpc) is 2.25. The van der Waals surface area contributed by atoms with E-state index in [2.05, 4.69) is 15.9 Å². The molecule has 0 atom stereocenters. The largest absolute Gasteiger partial charge is 0.466 e. The van der Waals surface area contributed by atoms with E-state index in [9.17, 15) is 0 Å². The fourth-order valence-corrected chi connectivity index (χ4v) is 1.99. The molecule has 1 aliphatic carbocycles. The van der Waals surface area contributed by atoms with Gasteiger partial charge in [-0.15, -0.1) is 0 Å². The Kier molecular flexibility index (Phi) is 1.60. The minimum Gasteiger partial charge on any atom is -0.466 e. The summed E-state index contributed by atoms with van der Waals surface area (Å²) in [7, 11) is 0. The highest BCUT2D eigenvalue weighted by atomic mass is 16.5. The number of aromatic nitrogens is 1. The van der Waals surface area contributed by atoms with Crippen molar-refractivity contribution < 1.29 is 4.74 Å². The topological polar surface area (TPSA) is 26.5 Å². The van der Waals surface area contributed by atoms with E-state index in [1.54, 1.807) is 6.20 Å². The van der Waals surface area contributed by atoms with Crippen molar-refractivity contribution in [2.45, 2.75) is 24.9 Å². The third-order valence-corrected chi connectivity index (χ3v) is 3.06. The molecule has 1 fully saturated rings. The van der Waals surface area contributed by atoms with E-state index in [0.717, 1.165) is 18.4 Å². The van der Waals surface area contributed by atoms with Crippen molar-refractivity contribution in [2.75, 3.05) is 0 Å². The lowest BCUT2D eigenvalue weighted by Crippen LogP contribution is -2.42. The van der Waals surface area contributed by atoms with Gasteiger partial charge in [0.25, 0.3) is 0 Å². The standard InChI is InChI=1S/C12H10N2O/c1-13-10-7-9-3-6-12(4-2-5-12)15-11(9)14-8-10/h3,6-8H,2,4-5H2. The van der Waals surface area contributed by atoms with E-state index in [1.165, 1.54) is 6.42 Å². The lowest BCUT2D eigenvalue weighted by Gasteiger charge is -2.41. The highest BCUT2D eigenvalue weighted by Gasteiger charge is 2.39. The maximum absolute atomic E-state index is 6.91. The van der Waals surface area contributed by atoms with Crippen LogP contribution < -0.4 is 4.74 Å². The minimum absolute atomic E-state index is 0.0837. The van der Waals surface area contributed by atoms with Gasteiger partial charge in [-0.25, -0.2) is 9.83 Å². The second-order valence-corrected chi connectivity index (χ2v) is 4.05. The highest BCUT2D eigenvalue weighted by Crippen LogP contribution is 2.42. The molecule has 0 aromatic carbocycles. The van der Waals surface area contributed by atoms with E-state index in [0.29, 0.717) is 11.6 Å². The Labute approximate surface area is 88.2 Å². The maximum atomic E-state index is 6.91. The van der Waals surface area contributed by atoms with Gasteiger partial charge >= 0.3 is 0 Å². The van der Waals surface area contributed by atoms with E-state index in [-0.39, 0.29) is 5.60 Å². The van der Waals surface area contributed by atoms with Gasteiger partial charge in [0.1, 0.15) is 5.60 Å². The third-order valence-electron chi connectivity index (χ3n) is 3.06. The number of hydrogen-bond donors (Lipinski definition) is 0. The summed E-state index contributed by atoms with van der Waals surface area (Å²) in [4.78, 5) is 7.53. The third kappa shape index (κ3) is 1.22. The van der Waals surface area contributed by atoms with Gasteiger partial charge in [-0.3, -0.25) is 0 Å². The molecule has 0 bridgehead atoms. The summed E-state index contributed by atoms with van der Waals surface area (Å²) in [6, 6.07) is 1.82. The van der Waals surface area contributed by atoms with Gasteiger partial charge in [0.15, 0.2) is 0 Å². The summed E-state index contributed by atoms with van der Waals surface area (Å²) < 4.78 is 5.85. The zero-order valence-corrected chi connectivity index (χ0v) is 8.23. The van der Waals surface area contributed by atoms with Crippen LogP contribution in [0.25, 0.3) is 10.9 Å². The first-order valence-corrected chi connectivity index (χ1v) is 5.07. The molecule has 2 heterocycles. The van der Waals surface area contributed by atoms with Crippen LogP contribution in [0.4, 0.5) is 5.69 Å². The first-order valence-electron chi connectivity index (χ1n) is 5.07. The zero-order chi connectivity index (χ0) is 10.3. The summed E-state index contributed by atoms with van der Waals surface area (Å²) in [5, 5.41) is 0. The van der Waals surface area contributed by atoms with Crippen LogP contribution >= 0.6 is 0 Å². The molecule has 15 heavy (non-hydrogen) atoms. The monoisotopic (exact) mass is 198 g/mol. The van der Waals surface area contributed by atoms with Crippen LogP contribution in [0.1, 0.15) is 24.8 Å². The number of pyridine rings is 1. The van der Waals surface area contributed by atoms with Gasteiger partial charge in [-0.05, 0) is 31.4 Å². The zero-order valence-electron chi connectivity index (χ0n) is 8.23. The molecule has 3 rings (SSSR count). The molecule has 0 amide bonds. The number of ether oxygens (including phenoxy) is 1. The van der Waals surface area contributed by atoms with E-state index in [1.807, 2.05) is 12.1 Å². The Balaban J connectivity index is 2.01. The Bertz CT molecular complexity index is 481. The Morgan fingerprint density at radius 1 is 1.47 bits per heavy atom. The summed E-state index contributed by atoms with van der Waals surface area (Å²) in [5.41, 5.74) is 1.40. The smallest absolute Gasteiger partial charge is 0.219 e. The second-order valence-electron chi connectivity index (χ2n) is 4.05.